The molecule has 0 saturated carbocycles. The van der Waals surface area contributed by atoms with Crippen LogP contribution in [0.5, 0.6) is 0 Å². The van der Waals surface area contributed by atoms with Crippen LogP contribution < -0.4 is 0 Å². The van der Waals surface area contributed by atoms with Gasteiger partial charge in [0.1, 0.15) is 0 Å². The number of hydrogen-bond acceptors (Lipinski definition) is 2. The van der Waals surface area contributed by atoms with Crippen LogP contribution in [0.25, 0.3) is 126 Å². The number of benzene rings is 11. The molecule has 0 bridgehead atoms. The van der Waals surface area contributed by atoms with Gasteiger partial charge in [-0.05, 0) is 115 Å². The second-order valence-electron chi connectivity index (χ2n) is 16.6. The molecule has 0 fully saturated rings. The lowest BCUT2D eigenvalue weighted by Crippen LogP contribution is -1.99. The molecule has 0 saturated heterocycles. The van der Waals surface area contributed by atoms with Gasteiger partial charge in [-0.3, -0.25) is 0 Å². The van der Waals surface area contributed by atoms with E-state index in [0.29, 0.717) is 5.82 Å². The van der Waals surface area contributed by atoms with Crippen molar-refractivity contribution >= 4 is 75.8 Å². The molecule has 0 spiro atoms. The van der Waals surface area contributed by atoms with E-state index in [0.717, 1.165) is 66.3 Å². The van der Waals surface area contributed by atoms with Gasteiger partial charge in [0, 0.05) is 32.7 Å². The van der Waals surface area contributed by atoms with Gasteiger partial charge in [-0.15, -0.1) is 0 Å². The van der Waals surface area contributed by atoms with Gasteiger partial charge in [0.15, 0.2) is 5.82 Å². The number of hydrogen-bond donors (Lipinski definition) is 0. The van der Waals surface area contributed by atoms with Crippen LogP contribution in [0.1, 0.15) is 0 Å². The van der Waals surface area contributed by atoms with Gasteiger partial charge < -0.3 is 4.57 Å². The molecule has 0 atom stereocenters. The first-order chi connectivity index (χ1) is 31.2. The van der Waals surface area contributed by atoms with Crippen molar-refractivity contribution in [3.63, 3.8) is 0 Å². The lowest BCUT2D eigenvalue weighted by molar-refractivity contribution is 1.19. The minimum absolute atomic E-state index is 0.686. The molecule has 13 aromatic rings. The summed E-state index contributed by atoms with van der Waals surface area (Å²) in [6.07, 6.45) is 0. The minimum Gasteiger partial charge on any atom is -0.309 e. The van der Waals surface area contributed by atoms with Crippen LogP contribution in [-0.4, -0.2) is 14.5 Å². The first-order valence-electron chi connectivity index (χ1n) is 21.6. The van der Waals surface area contributed by atoms with Gasteiger partial charge in [-0.1, -0.05) is 170 Å². The molecule has 0 amide bonds. The van der Waals surface area contributed by atoms with Crippen molar-refractivity contribution in [2.24, 2.45) is 0 Å². The summed E-state index contributed by atoms with van der Waals surface area (Å²) in [5.74, 6) is 0.686. The molecule has 13 rings (SSSR count). The minimum atomic E-state index is 0.686. The molecular formula is C60H37N3. The highest BCUT2D eigenvalue weighted by molar-refractivity contribution is 6.19. The fourth-order valence-corrected chi connectivity index (χ4v) is 9.84. The van der Waals surface area contributed by atoms with E-state index >= 15 is 0 Å². The lowest BCUT2D eigenvalue weighted by atomic mass is 9.96. The summed E-state index contributed by atoms with van der Waals surface area (Å²) in [6.45, 7) is 0. The summed E-state index contributed by atoms with van der Waals surface area (Å²) >= 11 is 0. The maximum absolute atomic E-state index is 5.50. The van der Waals surface area contributed by atoms with Gasteiger partial charge in [0.05, 0.1) is 27.9 Å². The van der Waals surface area contributed by atoms with Crippen LogP contribution in [0, 0.1) is 0 Å². The molecule has 63 heavy (non-hydrogen) atoms. The topological polar surface area (TPSA) is 30.7 Å². The van der Waals surface area contributed by atoms with Crippen LogP contribution in [0.4, 0.5) is 0 Å². The van der Waals surface area contributed by atoms with E-state index in [1.165, 1.54) is 54.2 Å². The highest BCUT2D eigenvalue weighted by Crippen LogP contribution is 2.43. The standard InChI is InChI=1S/C60H37N3/c1-2-13-38(14-3-1)45-29-30-52-54(35-45)61-60(62-59(52)48-28-26-40-16-5-7-18-42(40)32-48)49-33-46-21-10-11-22-50(46)56(37-49)63-55-24-12-23-51(47-27-25-39-15-4-6-17-41(39)31-47)58(55)53-34-43-19-8-9-20-44(43)36-57(53)63/h1-37H. The summed E-state index contributed by atoms with van der Waals surface area (Å²) in [4.78, 5) is 10.9. The highest BCUT2D eigenvalue weighted by atomic mass is 15.0. The normalized spacial score (nSPS) is 11.8. The maximum atomic E-state index is 5.50. The Labute approximate surface area is 363 Å². The highest BCUT2D eigenvalue weighted by Gasteiger charge is 2.21. The van der Waals surface area contributed by atoms with Gasteiger partial charge >= 0.3 is 0 Å². The third kappa shape index (κ3) is 5.82. The van der Waals surface area contributed by atoms with Gasteiger partial charge in [-0.25, -0.2) is 9.97 Å². The lowest BCUT2D eigenvalue weighted by Gasteiger charge is -2.16. The van der Waals surface area contributed by atoms with Gasteiger partial charge in [-0.2, -0.15) is 0 Å². The number of nitrogens with zero attached hydrogens (tertiary/aromatic N) is 3. The molecule has 0 N–H and O–H groups in total. The fourth-order valence-electron chi connectivity index (χ4n) is 9.84. The summed E-state index contributed by atoms with van der Waals surface area (Å²) in [5, 5.41) is 13.0. The molecule has 0 unspecified atom stereocenters. The SMILES string of the molecule is c1ccc(-c2ccc3c(-c4ccc5ccccc5c4)nc(-c4cc(-n5c6cc7ccccc7cc6c6c(-c7ccc8ccccc8c7)cccc65)c5ccccc5c4)nc3c2)cc1. The Morgan fingerprint density at radius 1 is 0.302 bits per heavy atom. The third-order valence-corrected chi connectivity index (χ3v) is 12.9. The second kappa shape index (κ2) is 14.1. The summed E-state index contributed by atoms with van der Waals surface area (Å²) < 4.78 is 2.48. The summed E-state index contributed by atoms with van der Waals surface area (Å²) in [7, 11) is 0. The first-order valence-corrected chi connectivity index (χ1v) is 21.6. The van der Waals surface area contributed by atoms with Crippen LogP contribution in [0.2, 0.25) is 0 Å². The quantitative estimate of drug-likeness (QED) is 0.174. The first kappa shape index (κ1) is 35.4. The zero-order valence-electron chi connectivity index (χ0n) is 34.2. The molecule has 0 radical (unpaired) electrons. The number of fused-ring (bicyclic) bond motifs is 8. The Hall–Kier alpha value is -8.40. The van der Waals surface area contributed by atoms with Crippen molar-refractivity contribution in [2.45, 2.75) is 0 Å². The molecule has 11 aromatic carbocycles. The molecule has 3 heteroatoms. The second-order valence-corrected chi connectivity index (χ2v) is 16.6. The van der Waals surface area contributed by atoms with Gasteiger partial charge in [0.2, 0.25) is 0 Å². The van der Waals surface area contributed by atoms with E-state index in [1.807, 2.05) is 0 Å². The average molecular weight is 800 g/mol. The molecule has 0 aliphatic heterocycles. The predicted molar refractivity (Wildman–Crippen MR) is 266 cm³/mol. The smallest absolute Gasteiger partial charge is 0.160 e. The number of aromatic nitrogens is 3. The van der Waals surface area contributed by atoms with Crippen molar-refractivity contribution in [2.75, 3.05) is 0 Å². The van der Waals surface area contributed by atoms with Crippen LogP contribution in [0.3, 0.4) is 0 Å². The van der Waals surface area contributed by atoms with E-state index < -0.39 is 0 Å². The Balaban J connectivity index is 1.10. The molecule has 0 aliphatic carbocycles. The Bertz CT molecular complexity index is 3970. The van der Waals surface area contributed by atoms with Crippen molar-refractivity contribution in [1.29, 1.82) is 0 Å². The van der Waals surface area contributed by atoms with Crippen molar-refractivity contribution in [3.05, 3.63) is 224 Å². The van der Waals surface area contributed by atoms with Crippen molar-refractivity contribution in [1.82, 2.24) is 14.5 Å². The van der Waals surface area contributed by atoms with Crippen LogP contribution in [0.15, 0.2) is 224 Å². The summed E-state index contributed by atoms with van der Waals surface area (Å²) in [6, 6.07) is 81.3. The zero-order valence-corrected chi connectivity index (χ0v) is 34.2. The maximum Gasteiger partial charge on any atom is 0.160 e. The Morgan fingerprint density at radius 3 is 1.67 bits per heavy atom. The van der Waals surface area contributed by atoms with Crippen LogP contribution >= 0.6 is 0 Å². The largest absolute Gasteiger partial charge is 0.309 e. The molecule has 2 heterocycles. The van der Waals surface area contributed by atoms with Gasteiger partial charge in [0.25, 0.3) is 0 Å². The third-order valence-electron chi connectivity index (χ3n) is 12.9. The number of rotatable bonds is 5. The Morgan fingerprint density at radius 2 is 0.905 bits per heavy atom. The van der Waals surface area contributed by atoms with E-state index in [-0.39, 0.29) is 0 Å². The molecule has 2 aromatic heterocycles. The van der Waals surface area contributed by atoms with E-state index in [1.54, 1.807) is 0 Å². The average Bonchev–Trinajstić information content (AvgIpc) is 3.67. The van der Waals surface area contributed by atoms with Crippen LogP contribution in [-0.2, 0) is 0 Å². The summed E-state index contributed by atoms with van der Waals surface area (Å²) in [5.41, 5.74) is 11.9. The molecule has 3 nitrogen and oxygen atoms in total. The molecule has 292 valence electrons. The molecular weight excluding hydrogens is 763 g/mol. The monoisotopic (exact) mass is 799 g/mol. The predicted octanol–water partition coefficient (Wildman–Crippen LogP) is 16.0. The van der Waals surface area contributed by atoms with E-state index in [2.05, 4.69) is 229 Å². The van der Waals surface area contributed by atoms with E-state index in [4.69, 9.17) is 9.97 Å². The fraction of sp³-hybridized carbons (Fsp3) is 0. The van der Waals surface area contributed by atoms with Crippen molar-refractivity contribution < 1.29 is 0 Å². The van der Waals surface area contributed by atoms with Crippen molar-refractivity contribution in [3.8, 4) is 50.6 Å². The van der Waals surface area contributed by atoms with E-state index in [9.17, 15) is 0 Å². The Kier molecular flexibility index (Phi) is 7.91. The zero-order chi connectivity index (χ0) is 41.4. The molecule has 0 aliphatic rings.